The average Bonchev–Trinajstić information content (AvgIpc) is 2.56. The van der Waals surface area contributed by atoms with Crippen LogP contribution < -0.4 is 5.73 Å². The van der Waals surface area contributed by atoms with E-state index in [0.717, 1.165) is 19.4 Å². The normalized spacial score (nSPS) is 11.4. The largest absolute Gasteiger partial charge is 0.347 e. The molecule has 0 spiro atoms. The topological polar surface area (TPSA) is 30.9 Å². The van der Waals surface area contributed by atoms with Crippen molar-refractivity contribution < 1.29 is 0 Å². The van der Waals surface area contributed by atoms with Crippen LogP contribution in [0.4, 0.5) is 0 Å². The summed E-state index contributed by atoms with van der Waals surface area (Å²) in [7, 11) is 2.16. The van der Waals surface area contributed by atoms with Gasteiger partial charge in [-0.2, -0.15) is 0 Å². The number of nitrogens with zero attached hydrogens (tertiary/aromatic N) is 1. The Bertz CT molecular complexity index is 550. The summed E-state index contributed by atoms with van der Waals surface area (Å²) in [5, 5.41) is 1.44. The van der Waals surface area contributed by atoms with Gasteiger partial charge in [-0.15, -0.1) is 0 Å². The van der Waals surface area contributed by atoms with Crippen molar-refractivity contribution in [2.45, 2.75) is 33.6 Å². The lowest BCUT2D eigenvalue weighted by molar-refractivity contribution is 0.816. The summed E-state index contributed by atoms with van der Waals surface area (Å²) in [6.07, 6.45) is 2.15. The van der Waals surface area contributed by atoms with Crippen LogP contribution in [0.3, 0.4) is 0 Å². The molecule has 2 rings (SSSR count). The molecule has 0 unspecified atom stereocenters. The molecule has 17 heavy (non-hydrogen) atoms. The van der Waals surface area contributed by atoms with Crippen LogP contribution in [0.15, 0.2) is 12.1 Å². The van der Waals surface area contributed by atoms with Crippen LogP contribution in [0, 0.1) is 20.8 Å². The molecule has 0 aliphatic rings. The van der Waals surface area contributed by atoms with E-state index < -0.39 is 0 Å². The van der Waals surface area contributed by atoms with Gasteiger partial charge in [-0.1, -0.05) is 12.1 Å². The maximum atomic E-state index is 5.64. The molecule has 0 aliphatic carbocycles. The molecule has 0 fully saturated rings. The van der Waals surface area contributed by atoms with Crippen LogP contribution in [-0.4, -0.2) is 11.1 Å². The van der Waals surface area contributed by atoms with Gasteiger partial charge in [0, 0.05) is 18.1 Å². The highest BCUT2D eigenvalue weighted by Crippen LogP contribution is 2.30. The van der Waals surface area contributed by atoms with E-state index in [0.29, 0.717) is 0 Å². The maximum absolute atomic E-state index is 5.64. The maximum Gasteiger partial charge on any atom is 0.0515 e. The molecule has 0 saturated heterocycles. The Morgan fingerprint density at radius 3 is 2.41 bits per heavy atom. The van der Waals surface area contributed by atoms with Gasteiger partial charge in [-0.3, -0.25) is 0 Å². The van der Waals surface area contributed by atoms with Gasteiger partial charge in [0.25, 0.3) is 0 Å². The van der Waals surface area contributed by atoms with Crippen molar-refractivity contribution in [1.29, 1.82) is 0 Å². The van der Waals surface area contributed by atoms with E-state index in [-0.39, 0.29) is 0 Å². The molecule has 2 N–H and O–H groups in total. The zero-order valence-electron chi connectivity index (χ0n) is 11.3. The molecule has 0 atom stereocenters. The number of aryl methyl sites for hydroxylation is 4. The fourth-order valence-corrected chi connectivity index (χ4v) is 2.75. The van der Waals surface area contributed by atoms with E-state index in [1.54, 1.807) is 0 Å². The first-order chi connectivity index (χ1) is 8.07. The molecular formula is C15H22N2. The minimum absolute atomic E-state index is 0.765. The lowest BCUT2D eigenvalue weighted by atomic mass is 10.0. The minimum atomic E-state index is 0.765. The van der Waals surface area contributed by atoms with Crippen LogP contribution in [-0.2, 0) is 13.5 Å². The molecular weight excluding hydrogens is 208 g/mol. The van der Waals surface area contributed by atoms with Gasteiger partial charge in [0.1, 0.15) is 0 Å². The Labute approximate surface area is 103 Å². The number of hydrogen-bond donors (Lipinski definition) is 1. The van der Waals surface area contributed by atoms with Gasteiger partial charge in [0.15, 0.2) is 0 Å². The predicted octanol–water partition coefficient (Wildman–Crippen LogP) is 2.99. The number of fused-ring (bicyclic) bond motifs is 1. The Kier molecular flexibility index (Phi) is 3.25. The highest BCUT2D eigenvalue weighted by atomic mass is 14.9. The van der Waals surface area contributed by atoms with Gasteiger partial charge in [0.05, 0.1) is 5.52 Å². The zero-order valence-corrected chi connectivity index (χ0v) is 11.3. The number of aromatic nitrogens is 1. The summed E-state index contributed by atoms with van der Waals surface area (Å²) in [4.78, 5) is 0. The smallest absolute Gasteiger partial charge is 0.0515 e. The molecule has 0 amide bonds. The molecule has 0 aliphatic heterocycles. The Morgan fingerprint density at radius 1 is 1.12 bits per heavy atom. The van der Waals surface area contributed by atoms with E-state index in [1.165, 1.54) is 33.3 Å². The second-order valence-electron chi connectivity index (χ2n) is 4.94. The Hall–Kier alpha value is -1.28. The highest BCUT2D eigenvalue weighted by Gasteiger charge is 2.14. The molecule has 1 aromatic carbocycles. The molecule has 0 bridgehead atoms. The van der Waals surface area contributed by atoms with Crippen LogP contribution in [0.25, 0.3) is 10.9 Å². The van der Waals surface area contributed by atoms with E-state index in [9.17, 15) is 0 Å². The Morgan fingerprint density at radius 2 is 1.76 bits per heavy atom. The van der Waals surface area contributed by atoms with E-state index in [1.807, 2.05) is 0 Å². The summed E-state index contributed by atoms with van der Waals surface area (Å²) < 4.78 is 2.32. The van der Waals surface area contributed by atoms with Crippen molar-refractivity contribution >= 4 is 10.9 Å². The van der Waals surface area contributed by atoms with Crippen LogP contribution in [0.1, 0.15) is 28.8 Å². The van der Waals surface area contributed by atoms with Crippen LogP contribution >= 0.6 is 0 Å². The fourth-order valence-electron chi connectivity index (χ4n) is 2.75. The lowest BCUT2D eigenvalue weighted by Gasteiger charge is -2.04. The number of nitrogens with two attached hydrogens (primary N) is 1. The van der Waals surface area contributed by atoms with E-state index in [2.05, 4.69) is 44.5 Å². The average molecular weight is 230 g/mol. The monoisotopic (exact) mass is 230 g/mol. The van der Waals surface area contributed by atoms with Gasteiger partial charge in [-0.05, 0) is 56.8 Å². The quantitative estimate of drug-likeness (QED) is 0.863. The van der Waals surface area contributed by atoms with Gasteiger partial charge < -0.3 is 10.3 Å². The summed E-state index contributed by atoms with van der Waals surface area (Å²) in [6, 6.07) is 4.44. The lowest BCUT2D eigenvalue weighted by Crippen LogP contribution is -2.01. The number of rotatable bonds is 3. The van der Waals surface area contributed by atoms with Gasteiger partial charge >= 0.3 is 0 Å². The molecule has 0 radical (unpaired) electrons. The fraction of sp³-hybridized carbons (Fsp3) is 0.467. The SMILES string of the molecule is Cc1ccc(C)c2c1c(CCCN)c(C)n2C. The number of hydrogen-bond acceptors (Lipinski definition) is 1. The van der Waals surface area contributed by atoms with Crippen molar-refractivity contribution in [1.82, 2.24) is 4.57 Å². The molecule has 1 aromatic heterocycles. The second-order valence-corrected chi connectivity index (χ2v) is 4.94. The minimum Gasteiger partial charge on any atom is -0.347 e. The molecule has 92 valence electrons. The first-order valence-electron chi connectivity index (χ1n) is 6.32. The second kappa shape index (κ2) is 4.53. The molecule has 2 heteroatoms. The highest BCUT2D eigenvalue weighted by molar-refractivity contribution is 5.91. The summed E-state index contributed by atoms with van der Waals surface area (Å²) in [5.74, 6) is 0. The van der Waals surface area contributed by atoms with Crippen molar-refractivity contribution in [3.05, 3.63) is 34.5 Å². The predicted molar refractivity (Wildman–Crippen MR) is 74.5 cm³/mol. The van der Waals surface area contributed by atoms with Crippen LogP contribution in [0.5, 0.6) is 0 Å². The van der Waals surface area contributed by atoms with E-state index in [4.69, 9.17) is 5.73 Å². The first kappa shape index (κ1) is 12.2. The Balaban J connectivity index is 2.74. The van der Waals surface area contributed by atoms with Crippen molar-refractivity contribution in [3.8, 4) is 0 Å². The van der Waals surface area contributed by atoms with Crippen LogP contribution in [0.2, 0.25) is 0 Å². The third-order valence-corrected chi connectivity index (χ3v) is 3.80. The summed E-state index contributed by atoms with van der Waals surface area (Å²) >= 11 is 0. The third kappa shape index (κ3) is 1.87. The van der Waals surface area contributed by atoms with Crippen molar-refractivity contribution in [2.75, 3.05) is 6.54 Å². The summed E-state index contributed by atoms with van der Waals surface area (Å²) in [6.45, 7) is 7.37. The third-order valence-electron chi connectivity index (χ3n) is 3.80. The first-order valence-corrected chi connectivity index (χ1v) is 6.32. The van der Waals surface area contributed by atoms with Gasteiger partial charge in [0.2, 0.25) is 0 Å². The van der Waals surface area contributed by atoms with Gasteiger partial charge in [-0.25, -0.2) is 0 Å². The number of benzene rings is 1. The molecule has 2 aromatic rings. The molecule has 1 heterocycles. The van der Waals surface area contributed by atoms with Crippen molar-refractivity contribution in [3.63, 3.8) is 0 Å². The summed E-state index contributed by atoms with van der Waals surface area (Å²) in [5.41, 5.74) is 12.6. The van der Waals surface area contributed by atoms with E-state index >= 15 is 0 Å². The standard InChI is InChI=1S/C15H22N2/c1-10-7-8-11(2)15-14(10)13(6-5-9-16)12(3)17(15)4/h7-8H,5-6,9,16H2,1-4H3. The zero-order chi connectivity index (χ0) is 12.6. The molecule has 2 nitrogen and oxygen atoms in total. The van der Waals surface area contributed by atoms with Crippen molar-refractivity contribution in [2.24, 2.45) is 12.8 Å². The molecule has 0 saturated carbocycles.